The van der Waals surface area contributed by atoms with E-state index in [0.717, 1.165) is 0 Å². The number of aromatic nitrogens is 1. The number of halogens is 1. The molecule has 0 saturated carbocycles. The highest BCUT2D eigenvalue weighted by molar-refractivity contribution is 8.93. The number of carbonyl (C=O) groups excluding carboxylic acids is 2. The van der Waals surface area contributed by atoms with Crippen LogP contribution in [0.15, 0.2) is 18.2 Å². The number of Topliss-reactive ketones (excluding diaryl/α,β-unsaturated/α-hetero) is 1. The Bertz CT molecular complexity index is 1440. The van der Waals surface area contributed by atoms with Crippen LogP contribution in [0.25, 0.3) is 0 Å². The third-order valence-electron chi connectivity index (χ3n) is 6.80. The van der Waals surface area contributed by atoms with E-state index in [0.29, 0.717) is 40.5 Å². The van der Waals surface area contributed by atoms with Crippen molar-refractivity contribution < 1.29 is 43.6 Å². The number of fused-ring (bicyclic) bond motifs is 1. The number of rotatable bonds is 16. The van der Waals surface area contributed by atoms with Crippen LogP contribution in [0.4, 0.5) is 0 Å². The lowest BCUT2D eigenvalue weighted by atomic mass is 9.84. The quantitative estimate of drug-likeness (QED) is 0.146. The van der Waals surface area contributed by atoms with E-state index >= 15 is 0 Å². The number of hydrogen-bond acceptors (Lipinski definition) is 9. The van der Waals surface area contributed by atoms with Gasteiger partial charge in [0.15, 0.2) is 28.7 Å². The largest absolute Gasteiger partial charge is 0.491 e. The maximum absolute atomic E-state index is 13.7. The van der Waals surface area contributed by atoms with Gasteiger partial charge in [-0.25, -0.2) is 4.98 Å². The Kier molecular flexibility index (Phi) is 13.3. The first-order chi connectivity index (χ1) is 20.8. The summed E-state index contributed by atoms with van der Waals surface area (Å²) in [6.45, 7) is 8.15. The van der Waals surface area contributed by atoms with E-state index in [-0.39, 0.29) is 92.0 Å². The first-order valence-corrected chi connectivity index (χ1v) is 14.4. The molecule has 3 rings (SSSR count). The van der Waals surface area contributed by atoms with Gasteiger partial charge in [0.1, 0.15) is 11.5 Å². The van der Waals surface area contributed by atoms with Gasteiger partial charge < -0.3 is 34.6 Å². The third kappa shape index (κ3) is 9.64. The summed E-state index contributed by atoms with van der Waals surface area (Å²) in [4.78, 5) is 54.0. The minimum Gasteiger partial charge on any atom is -0.491 e. The van der Waals surface area contributed by atoms with E-state index in [1.165, 1.54) is 13.1 Å². The van der Waals surface area contributed by atoms with Gasteiger partial charge >= 0.3 is 11.9 Å². The highest BCUT2D eigenvalue weighted by Crippen LogP contribution is 2.40. The molecule has 4 N–H and O–H groups in total. The molecule has 0 atom stereocenters. The molecule has 0 radical (unpaired) electrons. The molecule has 0 bridgehead atoms. The van der Waals surface area contributed by atoms with Crippen LogP contribution < -0.4 is 19.5 Å². The smallest absolute Gasteiger partial charge is 0.303 e. The van der Waals surface area contributed by atoms with Gasteiger partial charge in [-0.15, -0.1) is 17.0 Å². The van der Waals surface area contributed by atoms with Crippen LogP contribution in [0, 0.1) is 5.41 Å². The number of carbonyl (C=O) groups is 4. The van der Waals surface area contributed by atoms with Crippen LogP contribution in [-0.2, 0) is 21.5 Å². The fourth-order valence-electron chi connectivity index (χ4n) is 4.62. The number of carboxylic acids is 2. The highest BCUT2D eigenvalue weighted by Gasteiger charge is 2.32. The maximum atomic E-state index is 13.7. The molecule has 1 aromatic heterocycles. The highest BCUT2D eigenvalue weighted by atomic mass is 79.9. The second-order valence-corrected chi connectivity index (χ2v) is 11.3. The molecule has 1 aromatic carbocycles. The van der Waals surface area contributed by atoms with Crippen molar-refractivity contribution in [1.82, 2.24) is 15.2 Å². The monoisotopic (exact) mass is 692 g/mol. The Balaban J connectivity index is 0.00000705. The van der Waals surface area contributed by atoms with Gasteiger partial charge in [-0.3, -0.25) is 24.6 Å². The first kappa shape index (κ1) is 37.0. The first-order valence-electron chi connectivity index (χ1n) is 14.4. The second-order valence-electron chi connectivity index (χ2n) is 11.3. The lowest BCUT2D eigenvalue weighted by molar-refractivity contribution is -0.138. The summed E-state index contributed by atoms with van der Waals surface area (Å²) >= 11 is 0. The zero-order valence-electron chi connectivity index (χ0n) is 26.2. The second kappa shape index (κ2) is 16.2. The molecule has 2 aromatic rings. The predicted octanol–water partition coefficient (Wildman–Crippen LogP) is 4.23. The molecule has 246 valence electrons. The summed E-state index contributed by atoms with van der Waals surface area (Å²) in [5.41, 5.74) is 1.46. The van der Waals surface area contributed by atoms with E-state index in [4.69, 9.17) is 29.8 Å². The standard InChI is InChI=1S/C31H40N4O9.BrH/c1-6-42-22-15-19-16-35(29(32)26(19)34-27(22)30(41)33-5)17-21(36)18-13-20(31(2,3)4)28(44-12-8-10-25(39)40)23(14-18)43-11-7-9-24(37)38;/h13-15,32H,6-12,16-17H2,1-5H3,(H,33,41)(H,37,38)(H,39,40);1H. The summed E-state index contributed by atoms with van der Waals surface area (Å²) in [6.07, 6.45) is 0.314. The number of amides is 1. The van der Waals surface area contributed by atoms with Crippen LogP contribution >= 0.6 is 17.0 Å². The molecule has 14 heteroatoms. The SMILES string of the molecule is Br.CCOc1cc2c(nc1C(=O)NC)C(=N)N(CC(=O)c1cc(OCCCC(=O)O)c(OCCCC(=O)O)c(C(C)(C)C)c1)C2. The molecule has 2 heterocycles. The zero-order valence-corrected chi connectivity index (χ0v) is 27.9. The van der Waals surface area contributed by atoms with Crippen molar-refractivity contribution in [3.8, 4) is 17.2 Å². The summed E-state index contributed by atoms with van der Waals surface area (Å²) in [6, 6.07) is 4.92. The Labute approximate surface area is 272 Å². The minimum atomic E-state index is -0.961. The van der Waals surface area contributed by atoms with Gasteiger partial charge in [0, 0.05) is 43.1 Å². The van der Waals surface area contributed by atoms with Crippen LogP contribution in [0.2, 0.25) is 0 Å². The zero-order chi connectivity index (χ0) is 32.6. The molecule has 0 fully saturated rings. The number of benzene rings is 1. The summed E-state index contributed by atoms with van der Waals surface area (Å²) in [7, 11) is 1.48. The lowest BCUT2D eigenvalue weighted by Gasteiger charge is -2.26. The molecule has 0 saturated heterocycles. The van der Waals surface area contributed by atoms with Crippen LogP contribution in [0.1, 0.15) is 91.0 Å². The van der Waals surface area contributed by atoms with Crippen molar-refractivity contribution >= 4 is 46.4 Å². The molecule has 45 heavy (non-hydrogen) atoms. The number of ether oxygens (including phenoxy) is 3. The van der Waals surface area contributed by atoms with Crippen molar-refractivity contribution in [1.29, 1.82) is 5.41 Å². The minimum absolute atomic E-state index is 0. The molecular formula is C31H41BrN4O9. The third-order valence-corrected chi connectivity index (χ3v) is 6.80. The number of carboxylic acid groups (broad SMARTS) is 2. The Morgan fingerprint density at radius 3 is 2.16 bits per heavy atom. The number of hydrogen-bond donors (Lipinski definition) is 4. The van der Waals surface area contributed by atoms with E-state index in [9.17, 15) is 19.2 Å². The number of ketones is 1. The van der Waals surface area contributed by atoms with E-state index in [1.54, 1.807) is 24.0 Å². The molecule has 0 spiro atoms. The molecule has 1 aliphatic heterocycles. The Hall–Kier alpha value is -4.20. The number of nitrogens with zero attached hydrogens (tertiary/aromatic N) is 2. The van der Waals surface area contributed by atoms with Crippen molar-refractivity contribution in [3.63, 3.8) is 0 Å². The van der Waals surface area contributed by atoms with Gasteiger partial charge in [-0.1, -0.05) is 20.8 Å². The Morgan fingerprint density at radius 2 is 1.60 bits per heavy atom. The van der Waals surface area contributed by atoms with Gasteiger partial charge in [-0.2, -0.15) is 0 Å². The molecule has 0 aliphatic carbocycles. The van der Waals surface area contributed by atoms with Crippen molar-refractivity contribution in [3.05, 3.63) is 46.3 Å². The van der Waals surface area contributed by atoms with E-state index in [2.05, 4.69) is 10.3 Å². The summed E-state index contributed by atoms with van der Waals surface area (Å²) < 4.78 is 17.6. The van der Waals surface area contributed by atoms with Crippen molar-refractivity contribution in [2.24, 2.45) is 0 Å². The fraction of sp³-hybridized carbons (Fsp3) is 0.484. The van der Waals surface area contributed by atoms with E-state index < -0.39 is 23.3 Å². The Morgan fingerprint density at radius 1 is 0.978 bits per heavy atom. The maximum Gasteiger partial charge on any atom is 0.303 e. The van der Waals surface area contributed by atoms with Crippen molar-refractivity contribution in [2.75, 3.05) is 33.4 Å². The summed E-state index contributed by atoms with van der Waals surface area (Å²) in [5, 5.41) is 29.2. The van der Waals surface area contributed by atoms with Crippen LogP contribution in [0.5, 0.6) is 17.2 Å². The normalized spacial score (nSPS) is 12.2. The molecule has 0 unspecified atom stereocenters. The van der Waals surface area contributed by atoms with Gasteiger partial charge in [0.05, 0.1) is 26.4 Å². The lowest BCUT2D eigenvalue weighted by Crippen LogP contribution is -2.31. The average molecular weight is 694 g/mol. The van der Waals surface area contributed by atoms with E-state index in [1.807, 2.05) is 20.8 Å². The van der Waals surface area contributed by atoms with Gasteiger partial charge in [0.25, 0.3) is 5.91 Å². The summed E-state index contributed by atoms with van der Waals surface area (Å²) in [5.74, 6) is -1.75. The van der Waals surface area contributed by atoms with Crippen LogP contribution in [-0.4, -0.2) is 83.0 Å². The van der Waals surface area contributed by atoms with Gasteiger partial charge in [0.2, 0.25) is 0 Å². The molecule has 1 aliphatic rings. The average Bonchev–Trinajstić information content (AvgIpc) is 3.25. The number of pyridine rings is 1. The number of amidine groups is 1. The van der Waals surface area contributed by atoms with Gasteiger partial charge in [-0.05, 0) is 43.4 Å². The molecule has 1 amide bonds. The predicted molar refractivity (Wildman–Crippen MR) is 171 cm³/mol. The topological polar surface area (TPSA) is 188 Å². The number of aliphatic carboxylic acids is 2. The fourth-order valence-corrected chi connectivity index (χ4v) is 4.62. The molecular weight excluding hydrogens is 652 g/mol. The molecule has 13 nitrogen and oxygen atoms in total. The number of nitrogens with one attached hydrogen (secondary N) is 2. The van der Waals surface area contributed by atoms with Crippen LogP contribution in [0.3, 0.4) is 0 Å². The van der Waals surface area contributed by atoms with Crippen molar-refractivity contribution in [2.45, 2.75) is 65.3 Å².